The number of hydrogen-bond acceptors (Lipinski definition) is 3. The Morgan fingerprint density at radius 2 is 1.81 bits per heavy atom. The summed E-state index contributed by atoms with van der Waals surface area (Å²) < 4.78 is 4.81. The lowest BCUT2D eigenvalue weighted by Crippen LogP contribution is -2.23. The Kier molecular flexibility index (Phi) is 4.23. The highest BCUT2D eigenvalue weighted by molar-refractivity contribution is 6.08. The second-order valence-corrected chi connectivity index (χ2v) is 3.70. The van der Waals surface area contributed by atoms with E-state index < -0.39 is 11.9 Å². The summed E-state index contributed by atoms with van der Waals surface area (Å²) in [5.41, 5.74) is 1.63. The third kappa shape index (κ3) is 2.92. The first-order valence-corrected chi connectivity index (χ1v) is 5.33. The van der Waals surface area contributed by atoms with E-state index >= 15 is 0 Å². The number of rotatable bonds is 4. The fraction of sp³-hybridized carbons (Fsp3) is 0.385. The molecule has 1 unspecified atom stereocenters. The van der Waals surface area contributed by atoms with Crippen molar-refractivity contribution in [3.63, 3.8) is 0 Å². The quantitative estimate of drug-likeness (QED) is 0.444. The number of Topliss-reactive ketones (excluding diaryl/α,β-unsaturated/α-hetero) is 1. The van der Waals surface area contributed by atoms with Crippen LogP contribution in [0.3, 0.4) is 0 Å². The highest BCUT2D eigenvalue weighted by Crippen LogP contribution is 2.11. The standard InChI is InChI=1S/C13H16O3/c1-4-16-13(15)10(3)12(14)11-7-5-9(2)6-8-11/h5-8,10H,4H2,1-3H3. The molecule has 16 heavy (non-hydrogen) atoms. The topological polar surface area (TPSA) is 43.4 Å². The first-order valence-electron chi connectivity index (χ1n) is 5.33. The fourth-order valence-corrected chi connectivity index (χ4v) is 1.34. The highest BCUT2D eigenvalue weighted by Gasteiger charge is 2.23. The van der Waals surface area contributed by atoms with E-state index in [-0.39, 0.29) is 5.78 Å². The molecule has 0 aromatic heterocycles. The van der Waals surface area contributed by atoms with Gasteiger partial charge in [0.25, 0.3) is 0 Å². The van der Waals surface area contributed by atoms with Crippen molar-refractivity contribution in [2.75, 3.05) is 6.61 Å². The van der Waals surface area contributed by atoms with Gasteiger partial charge in [-0.1, -0.05) is 29.8 Å². The molecule has 0 aliphatic heterocycles. The smallest absolute Gasteiger partial charge is 0.316 e. The molecular formula is C13H16O3. The molecule has 1 rings (SSSR count). The Morgan fingerprint density at radius 1 is 1.25 bits per heavy atom. The summed E-state index contributed by atoms with van der Waals surface area (Å²) in [4.78, 5) is 23.3. The summed E-state index contributed by atoms with van der Waals surface area (Å²) in [6.45, 7) is 5.54. The summed E-state index contributed by atoms with van der Waals surface area (Å²) >= 11 is 0. The molecule has 0 saturated heterocycles. The van der Waals surface area contributed by atoms with Crippen molar-refractivity contribution in [2.24, 2.45) is 5.92 Å². The number of hydrogen-bond donors (Lipinski definition) is 0. The molecule has 3 heteroatoms. The van der Waals surface area contributed by atoms with E-state index in [2.05, 4.69) is 0 Å². The monoisotopic (exact) mass is 220 g/mol. The lowest BCUT2D eigenvalue weighted by molar-refractivity contribution is -0.145. The molecule has 0 heterocycles. The van der Waals surface area contributed by atoms with Crippen LogP contribution in [0, 0.1) is 12.8 Å². The maximum absolute atomic E-state index is 11.9. The number of carbonyl (C=O) groups excluding carboxylic acids is 2. The third-order valence-electron chi connectivity index (χ3n) is 2.37. The molecule has 0 aliphatic carbocycles. The molecule has 0 fully saturated rings. The Morgan fingerprint density at radius 3 is 2.31 bits per heavy atom. The van der Waals surface area contributed by atoms with E-state index in [4.69, 9.17) is 4.74 Å². The number of benzene rings is 1. The zero-order valence-corrected chi connectivity index (χ0v) is 9.82. The van der Waals surface area contributed by atoms with Gasteiger partial charge in [0.05, 0.1) is 6.61 Å². The predicted molar refractivity (Wildman–Crippen MR) is 61.3 cm³/mol. The Bertz CT molecular complexity index is 379. The van der Waals surface area contributed by atoms with Gasteiger partial charge in [0, 0.05) is 5.56 Å². The molecule has 86 valence electrons. The largest absolute Gasteiger partial charge is 0.465 e. The maximum Gasteiger partial charge on any atom is 0.316 e. The molecule has 0 aliphatic rings. The van der Waals surface area contributed by atoms with Gasteiger partial charge in [0.2, 0.25) is 0 Å². The molecule has 1 aromatic rings. The molecule has 0 radical (unpaired) electrons. The van der Waals surface area contributed by atoms with E-state index in [1.54, 1.807) is 26.0 Å². The van der Waals surface area contributed by atoms with E-state index in [0.717, 1.165) is 5.56 Å². The Hall–Kier alpha value is -1.64. The lowest BCUT2D eigenvalue weighted by atomic mass is 9.99. The molecule has 1 aromatic carbocycles. The molecular weight excluding hydrogens is 204 g/mol. The number of esters is 1. The summed E-state index contributed by atoms with van der Waals surface area (Å²) in [5.74, 6) is -1.39. The SMILES string of the molecule is CCOC(=O)C(C)C(=O)c1ccc(C)cc1. The summed E-state index contributed by atoms with van der Waals surface area (Å²) in [6.07, 6.45) is 0. The molecule has 0 amide bonds. The molecule has 0 saturated carbocycles. The van der Waals surface area contributed by atoms with Crippen LogP contribution in [0.1, 0.15) is 29.8 Å². The minimum Gasteiger partial charge on any atom is -0.465 e. The van der Waals surface area contributed by atoms with Gasteiger partial charge in [0.1, 0.15) is 5.92 Å². The van der Waals surface area contributed by atoms with Gasteiger partial charge in [-0.25, -0.2) is 0 Å². The molecule has 0 spiro atoms. The van der Waals surface area contributed by atoms with Gasteiger partial charge >= 0.3 is 5.97 Å². The summed E-state index contributed by atoms with van der Waals surface area (Å²) in [7, 11) is 0. The first-order chi connectivity index (χ1) is 7.56. The minimum absolute atomic E-state index is 0.196. The van der Waals surface area contributed by atoms with Gasteiger partial charge < -0.3 is 4.74 Å². The van der Waals surface area contributed by atoms with Gasteiger partial charge in [-0.15, -0.1) is 0 Å². The number of ketones is 1. The summed E-state index contributed by atoms with van der Waals surface area (Å²) in [6, 6.07) is 7.16. The summed E-state index contributed by atoms with van der Waals surface area (Å²) in [5, 5.41) is 0. The zero-order valence-electron chi connectivity index (χ0n) is 9.82. The van der Waals surface area contributed by atoms with Crippen molar-refractivity contribution in [3.05, 3.63) is 35.4 Å². The normalized spacial score (nSPS) is 11.9. The van der Waals surface area contributed by atoms with E-state index in [1.807, 2.05) is 19.1 Å². The first kappa shape index (κ1) is 12.4. The molecule has 0 N–H and O–H groups in total. The molecule has 0 bridgehead atoms. The van der Waals surface area contributed by atoms with Gasteiger partial charge in [-0.3, -0.25) is 9.59 Å². The van der Waals surface area contributed by atoms with Crippen molar-refractivity contribution in [1.29, 1.82) is 0 Å². The second kappa shape index (κ2) is 5.45. The number of ether oxygens (including phenoxy) is 1. The van der Waals surface area contributed by atoms with E-state index in [0.29, 0.717) is 12.2 Å². The van der Waals surface area contributed by atoms with Gasteiger partial charge in [-0.2, -0.15) is 0 Å². The number of aryl methyl sites for hydroxylation is 1. The predicted octanol–water partition coefficient (Wildman–Crippen LogP) is 2.38. The van der Waals surface area contributed by atoms with Crippen LogP contribution in [-0.4, -0.2) is 18.4 Å². The van der Waals surface area contributed by atoms with Crippen molar-refractivity contribution >= 4 is 11.8 Å². The highest BCUT2D eigenvalue weighted by atomic mass is 16.5. The minimum atomic E-state index is -0.734. The van der Waals surface area contributed by atoms with Gasteiger partial charge in [0.15, 0.2) is 5.78 Å². The van der Waals surface area contributed by atoms with Crippen LogP contribution >= 0.6 is 0 Å². The van der Waals surface area contributed by atoms with Crippen molar-refractivity contribution in [3.8, 4) is 0 Å². The van der Waals surface area contributed by atoms with Crippen molar-refractivity contribution in [2.45, 2.75) is 20.8 Å². The fourth-order valence-electron chi connectivity index (χ4n) is 1.34. The van der Waals surface area contributed by atoms with Crippen LogP contribution in [0.2, 0.25) is 0 Å². The van der Waals surface area contributed by atoms with Crippen molar-refractivity contribution < 1.29 is 14.3 Å². The van der Waals surface area contributed by atoms with Crippen LogP contribution in [0.5, 0.6) is 0 Å². The third-order valence-corrected chi connectivity index (χ3v) is 2.37. The van der Waals surface area contributed by atoms with E-state index in [1.165, 1.54) is 0 Å². The van der Waals surface area contributed by atoms with Crippen LogP contribution in [0.25, 0.3) is 0 Å². The average Bonchev–Trinajstić information content (AvgIpc) is 2.28. The zero-order chi connectivity index (χ0) is 12.1. The lowest BCUT2D eigenvalue weighted by Gasteiger charge is -2.09. The average molecular weight is 220 g/mol. The molecule has 3 nitrogen and oxygen atoms in total. The van der Waals surface area contributed by atoms with Crippen LogP contribution in [0.4, 0.5) is 0 Å². The Balaban J connectivity index is 2.78. The maximum atomic E-state index is 11.9. The van der Waals surface area contributed by atoms with Crippen molar-refractivity contribution in [1.82, 2.24) is 0 Å². The van der Waals surface area contributed by atoms with Crippen LogP contribution in [-0.2, 0) is 9.53 Å². The Labute approximate surface area is 95.4 Å². The molecule has 1 atom stereocenters. The number of carbonyl (C=O) groups is 2. The second-order valence-electron chi connectivity index (χ2n) is 3.70. The van der Waals surface area contributed by atoms with E-state index in [9.17, 15) is 9.59 Å². The van der Waals surface area contributed by atoms with Crippen LogP contribution < -0.4 is 0 Å². The van der Waals surface area contributed by atoms with Crippen LogP contribution in [0.15, 0.2) is 24.3 Å². The van der Waals surface area contributed by atoms with Gasteiger partial charge in [-0.05, 0) is 20.8 Å².